The number of pyridine rings is 4. The molecule has 0 bridgehead atoms. The first kappa shape index (κ1) is 83.0. The van der Waals surface area contributed by atoms with E-state index in [-0.39, 0.29) is 29.2 Å². The second-order valence-electron chi connectivity index (χ2n) is 27.5. The molecule has 606 valence electrons. The topological polar surface area (TPSA) is 284 Å². The van der Waals surface area contributed by atoms with Gasteiger partial charge in [-0.25, -0.2) is 13.2 Å². The summed E-state index contributed by atoms with van der Waals surface area (Å²) in [6.45, 7) is 10.5. The smallest absolute Gasteiger partial charge is 0.263 e. The summed E-state index contributed by atoms with van der Waals surface area (Å²) in [5.41, 5.74) is 15.1. The predicted molar refractivity (Wildman–Crippen MR) is 456 cm³/mol. The third-order valence-corrected chi connectivity index (χ3v) is 20.8. The van der Waals surface area contributed by atoms with Crippen molar-refractivity contribution < 1.29 is 51.3 Å². The molecule has 24 nitrogen and oxygen atoms in total. The Kier molecular flexibility index (Phi) is 27.3. The molecule has 29 heteroatoms. The maximum absolute atomic E-state index is 13.1. The van der Waals surface area contributed by atoms with Gasteiger partial charge in [0.05, 0.1) is 84.4 Å². The van der Waals surface area contributed by atoms with Crippen molar-refractivity contribution >= 4 is 89.9 Å². The Morgan fingerprint density at radius 3 is 1.29 bits per heavy atom. The van der Waals surface area contributed by atoms with Gasteiger partial charge in [0.1, 0.15) is 41.1 Å². The van der Waals surface area contributed by atoms with Gasteiger partial charge < -0.3 is 38.5 Å². The van der Waals surface area contributed by atoms with Crippen LogP contribution in [-0.4, -0.2) is 159 Å². The van der Waals surface area contributed by atoms with E-state index in [2.05, 4.69) is 78.2 Å². The Balaban J connectivity index is 0.000000138. The Morgan fingerprint density at radius 1 is 0.403 bits per heavy atom. The lowest BCUT2D eigenvalue weighted by atomic mass is 10.0. The van der Waals surface area contributed by atoms with Gasteiger partial charge in [0.15, 0.2) is 0 Å². The van der Waals surface area contributed by atoms with Crippen molar-refractivity contribution in [1.29, 1.82) is 0 Å². The van der Waals surface area contributed by atoms with Gasteiger partial charge in [-0.05, 0) is 139 Å². The fourth-order valence-corrected chi connectivity index (χ4v) is 14.9. The van der Waals surface area contributed by atoms with Crippen molar-refractivity contribution in [2.24, 2.45) is 0 Å². The zero-order valence-corrected chi connectivity index (χ0v) is 68.1. The highest BCUT2D eigenvalue weighted by molar-refractivity contribution is 7.13. The predicted octanol–water partition coefficient (Wildman–Crippen LogP) is 18.7. The Morgan fingerprint density at radius 2 is 0.832 bits per heavy atom. The van der Waals surface area contributed by atoms with Gasteiger partial charge in [-0.15, -0.1) is 11.3 Å². The quantitative estimate of drug-likeness (QED) is 0.0392. The molecule has 0 aliphatic rings. The largest absolute Gasteiger partial charge is 0.493 e. The highest BCUT2D eigenvalue weighted by atomic mass is 32.1. The molecule has 16 aromatic rings. The van der Waals surface area contributed by atoms with Crippen LogP contribution in [0.25, 0.3) is 87.7 Å². The third kappa shape index (κ3) is 19.8. The van der Waals surface area contributed by atoms with Crippen LogP contribution in [0.1, 0.15) is 109 Å². The average molecular weight is 1640 g/mol. The number of rotatable bonds is 26. The van der Waals surface area contributed by atoms with Crippen molar-refractivity contribution in [2.75, 3.05) is 54.6 Å². The van der Waals surface area contributed by atoms with Crippen LogP contribution < -0.4 is 18.9 Å². The summed E-state index contributed by atoms with van der Waals surface area (Å²) < 4.78 is 62.4. The first-order valence-electron chi connectivity index (χ1n) is 38.2. The lowest BCUT2D eigenvalue weighted by Crippen LogP contribution is -2.26. The van der Waals surface area contributed by atoms with Gasteiger partial charge in [0.25, 0.3) is 30.1 Å². The number of para-hydroxylation sites is 2. The second kappa shape index (κ2) is 39.1. The first-order chi connectivity index (χ1) is 57.9. The van der Waals surface area contributed by atoms with Crippen molar-refractivity contribution in [3.8, 4) is 67.1 Å². The number of nitrogens with one attached hydrogen (secondary N) is 4. The number of thiophene rings is 2. The van der Waals surface area contributed by atoms with E-state index in [9.17, 15) is 32.3 Å². The fraction of sp³-hybridized carbons (Fsp3) is 0.200. The molecule has 0 fully saturated rings. The summed E-state index contributed by atoms with van der Waals surface area (Å²) in [6.07, 6.45) is 14.1. The number of nitrogens with zero attached hydrogens (tertiary/aromatic N) is 12. The molecule has 10 aromatic heterocycles. The highest BCUT2D eigenvalue weighted by Gasteiger charge is 2.24. The zero-order chi connectivity index (χ0) is 83.5. The highest BCUT2D eigenvalue weighted by Crippen LogP contribution is 2.38. The van der Waals surface area contributed by atoms with Crippen LogP contribution in [0.3, 0.4) is 0 Å². The molecule has 0 atom stereocenters. The zero-order valence-electron chi connectivity index (χ0n) is 66.5. The van der Waals surface area contributed by atoms with E-state index in [4.69, 9.17) is 18.9 Å². The molecular weight excluding hydrogens is 1550 g/mol. The van der Waals surface area contributed by atoms with Crippen LogP contribution in [0.2, 0.25) is 0 Å². The van der Waals surface area contributed by atoms with Crippen molar-refractivity contribution in [2.45, 2.75) is 67.0 Å². The van der Waals surface area contributed by atoms with Gasteiger partial charge in [-0.1, -0.05) is 78.9 Å². The molecule has 16 rings (SSSR count). The summed E-state index contributed by atoms with van der Waals surface area (Å²) in [7, 11) is 7.02. The summed E-state index contributed by atoms with van der Waals surface area (Å²) in [5.74, 6) is 1.75. The molecule has 0 aliphatic carbocycles. The average Bonchev–Trinajstić information content (AvgIpc) is 1.80. The number of H-pyrrole nitrogens is 4. The van der Waals surface area contributed by atoms with Crippen LogP contribution in [0.15, 0.2) is 230 Å². The third-order valence-electron chi connectivity index (χ3n) is 19.3. The minimum Gasteiger partial charge on any atom is -0.493 e. The number of benzene rings is 6. The SMILES string of the molecule is CCOc1cc(C(=O)N(C)Cc2cccc3cn[nH]c23)ccc1-c1cccs1.CCOc1cc(C(=O)N(C)Cc2cccc3cn[nH]c23)ccc1-c1ccsc1.CCOc1cc(C(=O)N(C)Cc2cncc3cn[nH]c23)cnc1-c1cccc(C(F)F)c1.CCOc1cc(C(=O)N(C)Cc2cncc3cn[nH]c23)cnc1-c1cccc(CF)c1. The van der Waals surface area contributed by atoms with Gasteiger partial charge in [0, 0.05) is 168 Å². The lowest BCUT2D eigenvalue weighted by molar-refractivity contribution is 0.0777. The minimum atomic E-state index is -2.59. The van der Waals surface area contributed by atoms with Crippen LogP contribution >= 0.6 is 22.7 Å². The number of aromatic amines is 4. The maximum atomic E-state index is 13.1. The van der Waals surface area contributed by atoms with Crippen molar-refractivity contribution in [3.05, 3.63) is 285 Å². The van der Waals surface area contributed by atoms with Gasteiger partial charge in [-0.2, -0.15) is 31.7 Å². The van der Waals surface area contributed by atoms with E-state index in [0.29, 0.717) is 109 Å². The van der Waals surface area contributed by atoms with Crippen molar-refractivity contribution in [1.82, 2.24) is 80.3 Å². The lowest BCUT2D eigenvalue weighted by Gasteiger charge is -2.19. The number of amides is 4. The summed E-state index contributed by atoms with van der Waals surface area (Å²) in [6, 6.07) is 45.8. The molecule has 0 aliphatic heterocycles. The number of aromatic nitrogens is 12. The fourth-order valence-electron chi connectivity index (χ4n) is 13.5. The number of hydrogen-bond donors (Lipinski definition) is 4. The number of carbonyl (C=O) groups is 4. The van der Waals surface area contributed by atoms with Crippen molar-refractivity contribution in [3.63, 3.8) is 0 Å². The van der Waals surface area contributed by atoms with Crippen LogP contribution in [0.4, 0.5) is 13.2 Å². The molecule has 4 N–H and O–H groups in total. The van der Waals surface area contributed by atoms with Gasteiger partial charge in [0.2, 0.25) is 0 Å². The molecule has 0 saturated carbocycles. The van der Waals surface area contributed by atoms with Gasteiger partial charge in [-0.3, -0.25) is 59.5 Å². The standard InChI is InChI=1S/C23H21F2N5O2.C23H22FN5O2.2C22H21N3O2S/c1-3-32-19-8-16(11-27-21(19)14-5-4-6-15(7-14)22(24)25)23(31)30(2)13-18-10-26-9-17-12-28-29-20(17)18;1-3-31-20-8-17(12-26-22(20)16-6-4-5-15(7-16)9-24)23(30)29(2)14-19-11-25-10-18-13-27-28-21(18)19;1-3-27-19-12-15(9-10-18(19)20-8-5-11-28-20)22(26)25(2)14-17-7-4-6-16-13-23-24-21(16)17;1-3-27-20-11-15(7-8-19(20)18-9-10-28-14-18)22(26)25(2)13-17-6-4-5-16-12-23-24-21(16)17/h4-12,22H,3,13H2,1-2H3,(H,28,29);4-8,10-13H,3,9,14H2,1-2H3,(H,27,28);4-13H,3,14H2,1-2H3,(H,23,24);4-12,14H,3,13H2,1-2H3,(H,23,24). The molecule has 0 radical (unpaired) electrons. The first-order valence-corrected chi connectivity index (χ1v) is 40.0. The molecule has 0 saturated heterocycles. The van der Waals surface area contributed by atoms with E-state index < -0.39 is 13.1 Å². The molecule has 10 heterocycles. The number of alkyl halides is 3. The van der Waals surface area contributed by atoms with E-state index in [0.717, 1.165) is 104 Å². The minimum absolute atomic E-state index is 0.0461. The van der Waals surface area contributed by atoms with E-state index in [1.807, 2.05) is 131 Å². The molecule has 4 amide bonds. The van der Waals surface area contributed by atoms with Crippen LogP contribution in [0, 0.1) is 0 Å². The molecule has 0 unspecified atom stereocenters. The van der Waals surface area contributed by atoms with E-state index >= 15 is 0 Å². The van der Waals surface area contributed by atoms with E-state index in [1.54, 1.807) is 155 Å². The summed E-state index contributed by atoms with van der Waals surface area (Å²) in [5, 5.41) is 38.1. The molecule has 6 aromatic carbocycles. The monoisotopic (exact) mass is 1640 g/mol. The summed E-state index contributed by atoms with van der Waals surface area (Å²) >= 11 is 3.30. The number of halogens is 3. The van der Waals surface area contributed by atoms with Crippen LogP contribution in [0.5, 0.6) is 23.0 Å². The Hall–Kier alpha value is -13.9. The normalized spacial score (nSPS) is 11.0. The molecule has 119 heavy (non-hydrogen) atoms. The number of fused-ring (bicyclic) bond motifs is 4. The molecular formula is C90H85F3N16O8S2. The van der Waals surface area contributed by atoms with Crippen LogP contribution in [-0.2, 0) is 32.9 Å². The summed E-state index contributed by atoms with van der Waals surface area (Å²) in [4.78, 5) is 77.1. The number of hydrogen-bond acceptors (Lipinski definition) is 18. The van der Waals surface area contributed by atoms with E-state index in [1.165, 1.54) is 24.5 Å². The second-order valence-corrected chi connectivity index (χ2v) is 29.2. The Labute approximate surface area is 691 Å². The molecule has 0 spiro atoms. The number of ether oxygens (including phenoxy) is 4. The number of carbonyl (C=O) groups excluding carboxylic acids is 4. The van der Waals surface area contributed by atoms with Gasteiger partial charge >= 0.3 is 0 Å². The maximum Gasteiger partial charge on any atom is 0.263 e. The Bertz CT molecular complexity index is 6000.